The molecular weight excluding hydrogens is 267 g/mol. The summed E-state index contributed by atoms with van der Waals surface area (Å²) < 4.78 is 15.3. The van der Waals surface area contributed by atoms with E-state index >= 15 is 0 Å². The number of fused-ring (bicyclic) bond motifs is 1. The average Bonchev–Trinajstić information content (AvgIpc) is 2.84. The van der Waals surface area contributed by atoms with Gasteiger partial charge < -0.3 is 5.32 Å². The first-order valence-electron chi connectivity index (χ1n) is 6.85. The van der Waals surface area contributed by atoms with E-state index in [2.05, 4.69) is 15.4 Å². The lowest BCUT2D eigenvalue weighted by atomic mass is 10.1. The predicted molar refractivity (Wildman–Crippen MR) is 80.9 cm³/mol. The first-order chi connectivity index (χ1) is 10.0. The van der Waals surface area contributed by atoms with Crippen LogP contribution in [0, 0.1) is 26.6 Å². The van der Waals surface area contributed by atoms with Crippen LogP contribution in [0.3, 0.4) is 0 Å². The van der Waals surface area contributed by atoms with Crippen molar-refractivity contribution in [3.63, 3.8) is 0 Å². The van der Waals surface area contributed by atoms with Crippen molar-refractivity contribution < 1.29 is 4.39 Å². The number of hydrogen-bond acceptors (Lipinski definition) is 3. The van der Waals surface area contributed by atoms with E-state index in [4.69, 9.17) is 0 Å². The van der Waals surface area contributed by atoms with Crippen LogP contribution >= 0.6 is 0 Å². The molecule has 1 aromatic carbocycles. The van der Waals surface area contributed by atoms with Crippen LogP contribution < -0.4 is 5.32 Å². The molecule has 0 spiro atoms. The Hall–Kier alpha value is -2.43. The van der Waals surface area contributed by atoms with Crippen molar-refractivity contribution in [3.05, 3.63) is 58.5 Å². The van der Waals surface area contributed by atoms with E-state index in [-0.39, 0.29) is 5.82 Å². The van der Waals surface area contributed by atoms with Crippen molar-refractivity contribution in [2.75, 3.05) is 5.32 Å². The van der Waals surface area contributed by atoms with Gasteiger partial charge in [-0.05, 0) is 55.2 Å². The van der Waals surface area contributed by atoms with Gasteiger partial charge in [0.05, 0.1) is 0 Å². The van der Waals surface area contributed by atoms with Gasteiger partial charge in [-0.25, -0.2) is 8.91 Å². The topological polar surface area (TPSA) is 42.2 Å². The lowest BCUT2D eigenvalue weighted by Gasteiger charge is -2.07. The molecule has 0 saturated carbocycles. The van der Waals surface area contributed by atoms with E-state index in [1.54, 1.807) is 18.4 Å². The highest BCUT2D eigenvalue weighted by Crippen LogP contribution is 2.16. The highest BCUT2D eigenvalue weighted by Gasteiger charge is 2.06. The summed E-state index contributed by atoms with van der Waals surface area (Å²) in [5.41, 5.74) is 4.28. The summed E-state index contributed by atoms with van der Waals surface area (Å²) in [4.78, 5) is 4.42. The van der Waals surface area contributed by atoms with E-state index in [1.807, 2.05) is 37.4 Å². The summed E-state index contributed by atoms with van der Waals surface area (Å²) in [6, 6.07) is 7.65. The number of nitrogens with one attached hydrogen (secondary N) is 1. The average molecular weight is 284 g/mol. The molecule has 108 valence electrons. The van der Waals surface area contributed by atoms with Gasteiger partial charge in [-0.15, -0.1) is 5.10 Å². The molecule has 0 aliphatic carbocycles. The molecule has 1 N–H and O–H groups in total. The van der Waals surface area contributed by atoms with E-state index in [1.165, 1.54) is 0 Å². The summed E-state index contributed by atoms with van der Waals surface area (Å²) >= 11 is 0. The quantitative estimate of drug-likeness (QED) is 0.801. The van der Waals surface area contributed by atoms with Gasteiger partial charge in [0, 0.05) is 12.7 Å². The maximum atomic E-state index is 13.6. The largest absolute Gasteiger partial charge is 0.349 e. The van der Waals surface area contributed by atoms with Crippen molar-refractivity contribution in [2.24, 2.45) is 0 Å². The van der Waals surface area contributed by atoms with Gasteiger partial charge in [0.2, 0.25) is 5.95 Å². The number of pyridine rings is 1. The Kier molecular flexibility index (Phi) is 3.33. The standard InChI is InChI=1S/C16H17FN4/c1-10-4-5-21-14(6-10)19-16(20-21)18-9-13-7-11(2)15(17)12(3)8-13/h4-8H,9H2,1-3H3,(H,18,20). The number of aromatic nitrogens is 3. The molecule has 0 amide bonds. The summed E-state index contributed by atoms with van der Waals surface area (Å²) in [6.45, 7) is 6.14. The minimum absolute atomic E-state index is 0.139. The van der Waals surface area contributed by atoms with E-state index in [0.29, 0.717) is 23.6 Å². The Morgan fingerprint density at radius 1 is 1.14 bits per heavy atom. The van der Waals surface area contributed by atoms with Gasteiger partial charge in [-0.2, -0.15) is 4.98 Å². The first-order valence-corrected chi connectivity index (χ1v) is 6.85. The molecule has 21 heavy (non-hydrogen) atoms. The molecule has 0 bridgehead atoms. The normalized spacial score (nSPS) is 11.0. The molecule has 0 atom stereocenters. The maximum Gasteiger partial charge on any atom is 0.243 e. The molecular formula is C16H17FN4. The Labute approximate surface area is 122 Å². The lowest BCUT2D eigenvalue weighted by molar-refractivity contribution is 0.608. The van der Waals surface area contributed by atoms with E-state index in [9.17, 15) is 4.39 Å². The molecule has 0 saturated heterocycles. The third-order valence-corrected chi connectivity index (χ3v) is 3.44. The number of anilines is 1. The molecule has 5 heteroatoms. The molecule has 3 rings (SSSR count). The van der Waals surface area contributed by atoms with Gasteiger partial charge in [0.1, 0.15) is 5.82 Å². The van der Waals surface area contributed by atoms with Crippen LogP contribution in [0.5, 0.6) is 0 Å². The third kappa shape index (κ3) is 2.72. The zero-order valence-corrected chi connectivity index (χ0v) is 12.3. The monoisotopic (exact) mass is 284 g/mol. The van der Waals surface area contributed by atoms with Gasteiger partial charge in [-0.1, -0.05) is 12.1 Å². The van der Waals surface area contributed by atoms with Crippen LogP contribution in [0.2, 0.25) is 0 Å². The molecule has 2 aromatic heterocycles. The molecule has 0 aliphatic heterocycles. The van der Waals surface area contributed by atoms with Crippen molar-refractivity contribution in [1.29, 1.82) is 0 Å². The molecule has 0 unspecified atom stereocenters. The minimum atomic E-state index is -0.139. The van der Waals surface area contributed by atoms with Gasteiger partial charge in [0.15, 0.2) is 5.65 Å². The van der Waals surface area contributed by atoms with Crippen molar-refractivity contribution in [2.45, 2.75) is 27.3 Å². The number of nitrogens with zero attached hydrogens (tertiary/aromatic N) is 3. The summed E-state index contributed by atoms with van der Waals surface area (Å²) in [7, 11) is 0. The number of rotatable bonds is 3. The van der Waals surface area contributed by atoms with Crippen molar-refractivity contribution in [3.8, 4) is 0 Å². The van der Waals surface area contributed by atoms with Crippen LogP contribution in [-0.4, -0.2) is 14.6 Å². The molecule has 4 nitrogen and oxygen atoms in total. The van der Waals surface area contributed by atoms with Crippen molar-refractivity contribution in [1.82, 2.24) is 14.6 Å². The summed E-state index contributed by atoms with van der Waals surface area (Å²) in [5, 5.41) is 7.53. The number of halogens is 1. The van der Waals surface area contributed by atoms with Crippen LogP contribution in [0.15, 0.2) is 30.5 Å². The fourth-order valence-corrected chi connectivity index (χ4v) is 2.38. The lowest BCUT2D eigenvalue weighted by Crippen LogP contribution is -2.03. The first kappa shape index (κ1) is 13.5. The molecule has 3 aromatic rings. The second kappa shape index (κ2) is 5.16. The van der Waals surface area contributed by atoms with E-state index in [0.717, 1.165) is 16.8 Å². The molecule has 0 fully saturated rings. The van der Waals surface area contributed by atoms with Crippen LogP contribution in [0.4, 0.5) is 10.3 Å². The molecule has 0 aliphatic rings. The highest BCUT2D eigenvalue weighted by atomic mass is 19.1. The zero-order chi connectivity index (χ0) is 15.0. The Balaban J connectivity index is 1.80. The van der Waals surface area contributed by atoms with E-state index < -0.39 is 0 Å². The predicted octanol–water partition coefficient (Wildman–Crippen LogP) is 3.41. The third-order valence-electron chi connectivity index (χ3n) is 3.44. The van der Waals surface area contributed by atoms with Crippen molar-refractivity contribution >= 4 is 11.6 Å². The zero-order valence-electron chi connectivity index (χ0n) is 12.3. The number of hydrogen-bond donors (Lipinski definition) is 1. The highest BCUT2D eigenvalue weighted by molar-refractivity contribution is 5.45. The Morgan fingerprint density at radius 3 is 2.57 bits per heavy atom. The summed E-state index contributed by atoms with van der Waals surface area (Å²) in [6.07, 6.45) is 1.88. The Bertz CT molecular complexity index is 784. The fourth-order valence-electron chi connectivity index (χ4n) is 2.38. The fraction of sp³-hybridized carbons (Fsp3) is 0.250. The minimum Gasteiger partial charge on any atom is -0.349 e. The number of benzene rings is 1. The smallest absolute Gasteiger partial charge is 0.243 e. The number of aryl methyl sites for hydroxylation is 3. The Morgan fingerprint density at radius 2 is 1.86 bits per heavy atom. The SMILES string of the molecule is Cc1ccn2nc(NCc3cc(C)c(F)c(C)c3)nc2c1. The van der Waals surface area contributed by atoms with Gasteiger partial charge >= 0.3 is 0 Å². The molecule has 0 radical (unpaired) electrons. The molecule has 2 heterocycles. The maximum absolute atomic E-state index is 13.6. The van der Waals surface area contributed by atoms with Crippen LogP contribution in [-0.2, 0) is 6.54 Å². The van der Waals surface area contributed by atoms with Gasteiger partial charge in [0.25, 0.3) is 0 Å². The van der Waals surface area contributed by atoms with Crippen LogP contribution in [0.1, 0.15) is 22.3 Å². The second-order valence-electron chi connectivity index (χ2n) is 5.34. The summed E-state index contributed by atoms with van der Waals surface area (Å²) in [5.74, 6) is 0.431. The van der Waals surface area contributed by atoms with Gasteiger partial charge in [-0.3, -0.25) is 0 Å². The van der Waals surface area contributed by atoms with Crippen LogP contribution in [0.25, 0.3) is 5.65 Å². The second-order valence-corrected chi connectivity index (χ2v) is 5.34.